The second-order valence-electron chi connectivity index (χ2n) is 11.6. The number of nitrogens with one attached hydrogen (secondary N) is 1. The molecule has 4 aromatic carbocycles. The third-order valence-electron chi connectivity index (χ3n) is 8.74. The van der Waals surface area contributed by atoms with Gasteiger partial charge in [-0.15, -0.1) is 0 Å². The molecule has 0 radical (unpaired) electrons. The number of hydrogen-bond donors (Lipinski definition) is 1. The van der Waals surface area contributed by atoms with Crippen LogP contribution < -0.4 is 14.8 Å². The SMILES string of the molecule is COc1ccc(C(OC[C@H]2O[C@@H](n3cnc4c(NC(=O)c5ccccc5)ncnc43)C[C@@H]2F)(c2ccccc2)c2ccc(OC)cc2)cc1. The molecule has 0 aliphatic carbocycles. The maximum Gasteiger partial charge on any atom is 0.256 e. The smallest absolute Gasteiger partial charge is 0.256 e. The molecule has 1 amide bonds. The molecule has 6 aromatic rings. The summed E-state index contributed by atoms with van der Waals surface area (Å²) in [5.41, 5.74) is 2.65. The van der Waals surface area contributed by atoms with E-state index in [0.717, 1.165) is 16.7 Å². The fourth-order valence-electron chi connectivity index (χ4n) is 6.21. The summed E-state index contributed by atoms with van der Waals surface area (Å²) in [7, 11) is 3.23. The highest BCUT2D eigenvalue weighted by Gasteiger charge is 2.43. The van der Waals surface area contributed by atoms with Crippen molar-refractivity contribution < 1.29 is 28.1 Å². The fraction of sp³-hybridized carbons (Fsp3) is 0.211. The van der Waals surface area contributed by atoms with Gasteiger partial charge in [-0.2, -0.15) is 0 Å². The first-order valence-corrected chi connectivity index (χ1v) is 15.8. The van der Waals surface area contributed by atoms with Crippen molar-refractivity contribution in [1.82, 2.24) is 19.5 Å². The van der Waals surface area contributed by atoms with E-state index in [-0.39, 0.29) is 24.8 Å². The first-order valence-electron chi connectivity index (χ1n) is 15.8. The predicted octanol–water partition coefficient (Wildman–Crippen LogP) is 6.73. The van der Waals surface area contributed by atoms with Crippen LogP contribution in [0.1, 0.15) is 39.7 Å². The zero-order valence-electron chi connectivity index (χ0n) is 26.9. The molecule has 0 unspecified atom stereocenters. The van der Waals surface area contributed by atoms with E-state index in [1.54, 1.807) is 43.1 Å². The molecular formula is C38H34FN5O5. The second-order valence-corrected chi connectivity index (χ2v) is 11.6. The van der Waals surface area contributed by atoms with Gasteiger partial charge in [0.25, 0.3) is 5.91 Å². The van der Waals surface area contributed by atoms with Crippen LogP contribution in [0, 0.1) is 0 Å². The summed E-state index contributed by atoms with van der Waals surface area (Å²) in [6.07, 6.45) is -0.0431. The normalized spacial score (nSPS) is 17.6. The number of benzene rings is 4. The minimum Gasteiger partial charge on any atom is -0.497 e. The lowest BCUT2D eigenvalue weighted by atomic mass is 9.80. The number of fused-ring (bicyclic) bond motifs is 1. The van der Waals surface area contributed by atoms with Crippen molar-refractivity contribution in [1.29, 1.82) is 0 Å². The van der Waals surface area contributed by atoms with Crippen LogP contribution in [-0.4, -0.2) is 58.5 Å². The summed E-state index contributed by atoms with van der Waals surface area (Å²) >= 11 is 0. The minimum absolute atomic E-state index is 0.0542. The Hall–Kier alpha value is -5.65. The zero-order chi connectivity index (χ0) is 33.8. The lowest BCUT2D eigenvalue weighted by Crippen LogP contribution is -2.37. The number of nitrogens with zero attached hydrogens (tertiary/aromatic N) is 4. The highest BCUT2D eigenvalue weighted by atomic mass is 19.1. The standard InChI is InChI=1S/C38H34FN5O5/c1-46-29-17-13-27(14-18-29)38(26-11-7-4-8-12-26,28-15-19-30(47-2)20-16-28)48-22-32-31(39)21-33(49-32)44-24-42-34-35(40-23-41-36(34)44)43-37(45)25-9-5-3-6-10-25/h3-20,23-24,31-33H,21-22H2,1-2H3,(H,40,41,43,45)/t31-,32+,33+/m0/s1. The van der Waals surface area contributed by atoms with Crippen LogP contribution in [0.25, 0.3) is 11.2 Å². The molecule has 11 heteroatoms. The van der Waals surface area contributed by atoms with E-state index < -0.39 is 24.1 Å². The molecule has 10 nitrogen and oxygen atoms in total. The Balaban J connectivity index is 1.18. The number of imidazole rings is 1. The van der Waals surface area contributed by atoms with Crippen molar-refractivity contribution in [2.24, 2.45) is 0 Å². The average Bonchev–Trinajstić information content (AvgIpc) is 3.76. The number of carbonyl (C=O) groups excluding carboxylic acids is 1. The number of methoxy groups -OCH3 is 2. The summed E-state index contributed by atoms with van der Waals surface area (Å²) in [5.74, 6) is 1.32. The quantitative estimate of drug-likeness (QED) is 0.153. The minimum atomic E-state index is -1.35. The van der Waals surface area contributed by atoms with Gasteiger partial charge in [0.2, 0.25) is 0 Å². The van der Waals surface area contributed by atoms with Gasteiger partial charge >= 0.3 is 0 Å². The Morgan fingerprint density at radius 1 is 0.837 bits per heavy atom. The Morgan fingerprint density at radius 2 is 1.43 bits per heavy atom. The monoisotopic (exact) mass is 659 g/mol. The number of rotatable bonds is 11. The van der Waals surface area contributed by atoms with E-state index in [9.17, 15) is 4.79 Å². The molecule has 248 valence electrons. The van der Waals surface area contributed by atoms with Gasteiger partial charge in [0.05, 0.1) is 27.2 Å². The largest absolute Gasteiger partial charge is 0.497 e. The third-order valence-corrected chi connectivity index (χ3v) is 8.74. The van der Waals surface area contributed by atoms with Crippen molar-refractivity contribution in [3.05, 3.63) is 144 Å². The summed E-state index contributed by atoms with van der Waals surface area (Å²) in [4.78, 5) is 25.9. The number of carbonyl (C=O) groups is 1. The molecule has 49 heavy (non-hydrogen) atoms. The Labute approximate surface area is 282 Å². The summed E-state index contributed by atoms with van der Waals surface area (Å²) in [5, 5.41) is 2.80. The number of halogens is 1. The van der Waals surface area contributed by atoms with Gasteiger partial charge in [0.15, 0.2) is 17.0 Å². The van der Waals surface area contributed by atoms with E-state index in [1.807, 2.05) is 84.9 Å². The molecule has 7 rings (SSSR count). The summed E-state index contributed by atoms with van der Waals surface area (Å²) in [6, 6.07) is 33.9. The Kier molecular flexibility index (Phi) is 9.01. The second kappa shape index (κ2) is 13.8. The van der Waals surface area contributed by atoms with Crippen LogP contribution in [0.5, 0.6) is 11.5 Å². The summed E-state index contributed by atoms with van der Waals surface area (Å²) in [6.45, 7) is -0.0649. The molecule has 0 spiro atoms. The number of ether oxygens (including phenoxy) is 4. The summed E-state index contributed by atoms with van der Waals surface area (Å²) < 4.78 is 41.7. The molecule has 1 N–H and O–H groups in total. The molecule has 1 aliphatic heterocycles. The number of alkyl halides is 1. The lowest BCUT2D eigenvalue weighted by molar-refractivity contribution is -0.0853. The molecule has 2 aromatic heterocycles. The van der Waals surface area contributed by atoms with Gasteiger partial charge in [-0.3, -0.25) is 9.36 Å². The van der Waals surface area contributed by atoms with Crippen LogP contribution in [0.4, 0.5) is 10.2 Å². The molecule has 0 saturated carbocycles. The van der Waals surface area contributed by atoms with Crippen molar-refractivity contribution in [2.45, 2.75) is 30.5 Å². The number of amides is 1. The van der Waals surface area contributed by atoms with E-state index >= 15 is 4.39 Å². The van der Waals surface area contributed by atoms with Crippen LogP contribution >= 0.6 is 0 Å². The molecule has 1 saturated heterocycles. The topological polar surface area (TPSA) is 110 Å². The van der Waals surface area contributed by atoms with Gasteiger partial charge in [-0.25, -0.2) is 19.3 Å². The molecule has 3 heterocycles. The molecular weight excluding hydrogens is 625 g/mol. The van der Waals surface area contributed by atoms with Crippen LogP contribution in [0.2, 0.25) is 0 Å². The van der Waals surface area contributed by atoms with Crippen LogP contribution in [0.15, 0.2) is 122 Å². The van der Waals surface area contributed by atoms with Gasteiger partial charge < -0.3 is 24.3 Å². The van der Waals surface area contributed by atoms with Crippen molar-refractivity contribution >= 4 is 22.9 Å². The van der Waals surface area contributed by atoms with Gasteiger partial charge in [-0.1, -0.05) is 72.8 Å². The third kappa shape index (κ3) is 6.21. The molecule has 3 atom stereocenters. The lowest BCUT2D eigenvalue weighted by Gasteiger charge is -2.37. The van der Waals surface area contributed by atoms with Crippen molar-refractivity contribution in [3.63, 3.8) is 0 Å². The maximum atomic E-state index is 15.9. The first kappa shape index (κ1) is 31.9. The predicted molar refractivity (Wildman–Crippen MR) is 181 cm³/mol. The van der Waals surface area contributed by atoms with E-state index in [1.165, 1.54) is 12.7 Å². The fourth-order valence-corrected chi connectivity index (χ4v) is 6.21. The Morgan fingerprint density at radius 3 is 2.04 bits per heavy atom. The highest BCUT2D eigenvalue weighted by Crippen LogP contribution is 2.43. The average molecular weight is 660 g/mol. The van der Waals surface area contributed by atoms with Gasteiger partial charge in [-0.05, 0) is 53.1 Å². The molecule has 1 aliphatic rings. The van der Waals surface area contributed by atoms with E-state index in [2.05, 4.69) is 20.3 Å². The molecule has 1 fully saturated rings. The first-order chi connectivity index (χ1) is 24.0. The van der Waals surface area contributed by atoms with Gasteiger partial charge in [0.1, 0.15) is 41.9 Å². The van der Waals surface area contributed by atoms with Crippen LogP contribution in [0.3, 0.4) is 0 Å². The van der Waals surface area contributed by atoms with Gasteiger partial charge in [0, 0.05) is 12.0 Å². The maximum absolute atomic E-state index is 15.9. The van der Waals surface area contributed by atoms with Crippen LogP contribution in [-0.2, 0) is 15.1 Å². The van der Waals surface area contributed by atoms with E-state index in [4.69, 9.17) is 18.9 Å². The van der Waals surface area contributed by atoms with Crippen molar-refractivity contribution in [3.8, 4) is 11.5 Å². The number of aromatic nitrogens is 4. The highest BCUT2D eigenvalue weighted by molar-refractivity contribution is 6.06. The molecule has 0 bridgehead atoms. The van der Waals surface area contributed by atoms with Crippen molar-refractivity contribution in [2.75, 3.05) is 26.1 Å². The number of anilines is 1. The zero-order valence-corrected chi connectivity index (χ0v) is 26.9. The van der Waals surface area contributed by atoms with E-state index in [0.29, 0.717) is 28.2 Å². The number of hydrogen-bond acceptors (Lipinski definition) is 8. The Bertz CT molecular complexity index is 1980.